The summed E-state index contributed by atoms with van der Waals surface area (Å²) >= 11 is 0. The van der Waals surface area contributed by atoms with Crippen LogP contribution in [0, 0.1) is 6.92 Å². The molecule has 0 saturated heterocycles. The Bertz CT molecular complexity index is 356. The predicted octanol–water partition coefficient (Wildman–Crippen LogP) is 3.65. The van der Waals surface area contributed by atoms with Crippen molar-refractivity contribution in [2.75, 3.05) is 20.3 Å². The molecule has 1 aromatic carbocycles. The van der Waals surface area contributed by atoms with Crippen molar-refractivity contribution in [2.24, 2.45) is 0 Å². The zero-order valence-corrected chi connectivity index (χ0v) is 12.3. The van der Waals surface area contributed by atoms with Crippen LogP contribution in [0.3, 0.4) is 0 Å². The highest BCUT2D eigenvalue weighted by atomic mass is 16.5. The smallest absolute Gasteiger partial charge is 0.0462 e. The summed E-state index contributed by atoms with van der Waals surface area (Å²) in [7, 11) is 1.78. The van der Waals surface area contributed by atoms with Crippen LogP contribution in [0.4, 0.5) is 0 Å². The van der Waals surface area contributed by atoms with Crippen LogP contribution in [0.1, 0.15) is 49.1 Å². The van der Waals surface area contributed by atoms with Crippen LogP contribution in [-0.4, -0.2) is 26.3 Å². The summed E-state index contributed by atoms with van der Waals surface area (Å²) in [4.78, 5) is 0. The number of aryl methyl sites for hydroxylation is 1. The van der Waals surface area contributed by atoms with E-state index in [0.717, 1.165) is 19.2 Å². The summed E-state index contributed by atoms with van der Waals surface area (Å²) in [5, 5.41) is 3.68. The first-order valence-corrected chi connectivity index (χ1v) is 7.58. The van der Waals surface area contributed by atoms with Gasteiger partial charge in [-0.15, -0.1) is 0 Å². The number of benzene rings is 1. The molecule has 0 bridgehead atoms. The second-order valence-electron chi connectivity index (χ2n) is 5.78. The Morgan fingerprint density at radius 2 is 1.95 bits per heavy atom. The number of hydrogen-bond donors (Lipinski definition) is 1. The molecule has 106 valence electrons. The lowest BCUT2D eigenvalue weighted by Crippen LogP contribution is -2.23. The van der Waals surface area contributed by atoms with Crippen LogP contribution in [0.25, 0.3) is 0 Å². The first-order chi connectivity index (χ1) is 9.29. The lowest BCUT2D eigenvalue weighted by atomic mass is 9.93. The first kappa shape index (κ1) is 14.5. The third-order valence-electron chi connectivity index (χ3n) is 3.93. The van der Waals surface area contributed by atoms with E-state index in [4.69, 9.17) is 4.74 Å². The molecule has 0 aromatic heterocycles. The fraction of sp³-hybridized carbons (Fsp3) is 0.647. The van der Waals surface area contributed by atoms with Gasteiger partial charge in [0.05, 0.1) is 0 Å². The van der Waals surface area contributed by atoms with E-state index in [-0.39, 0.29) is 0 Å². The second-order valence-corrected chi connectivity index (χ2v) is 5.78. The molecule has 1 aliphatic rings. The molecule has 1 atom stereocenters. The molecule has 19 heavy (non-hydrogen) atoms. The maximum Gasteiger partial charge on any atom is 0.0462 e. The van der Waals surface area contributed by atoms with Crippen LogP contribution in [0.15, 0.2) is 24.3 Å². The van der Waals surface area contributed by atoms with Gasteiger partial charge in [0.1, 0.15) is 0 Å². The van der Waals surface area contributed by atoms with Crippen LogP contribution < -0.4 is 5.32 Å². The summed E-state index contributed by atoms with van der Waals surface area (Å²) < 4.78 is 5.14. The molecule has 1 saturated carbocycles. The van der Waals surface area contributed by atoms with E-state index in [1.54, 1.807) is 7.11 Å². The molecule has 1 fully saturated rings. The minimum atomic E-state index is 0.651. The fourth-order valence-electron chi connectivity index (χ4n) is 2.46. The van der Waals surface area contributed by atoms with E-state index in [1.165, 1.54) is 43.2 Å². The summed E-state index contributed by atoms with van der Waals surface area (Å²) in [5.74, 6) is 0.651. The minimum Gasteiger partial charge on any atom is -0.385 e. The molecule has 1 unspecified atom stereocenters. The van der Waals surface area contributed by atoms with Gasteiger partial charge in [0, 0.05) is 26.3 Å². The molecule has 0 amide bonds. The van der Waals surface area contributed by atoms with Crippen molar-refractivity contribution >= 4 is 0 Å². The molecule has 1 aliphatic carbocycles. The molecular weight excluding hydrogens is 234 g/mol. The lowest BCUT2D eigenvalue weighted by molar-refractivity contribution is 0.191. The van der Waals surface area contributed by atoms with Crippen LogP contribution in [0.5, 0.6) is 0 Å². The summed E-state index contributed by atoms with van der Waals surface area (Å²) in [5.41, 5.74) is 2.83. The maximum absolute atomic E-state index is 5.14. The minimum absolute atomic E-state index is 0.651. The maximum atomic E-state index is 5.14. The van der Waals surface area contributed by atoms with Gasteiger partial charge >= 0.3 is 0 Å². The Kier molecular flexibility index (Phi) is 5.87. The van der Waals surface area contributed by atoms with Crippen LogP contribution in [-0.2, 0) is 4.74 Å². The van der Waals surface area contributed by atoms with Gasteiger partial charge in [-0.1, -0.05) is 36.2 Å². The quantitative estimate of drug-likeness (QED) is 0.685. The first-order valence-electron chi connectivity index (χ1n) is 7.58. The van der Waals surface area contributed by atoms with Gasteiger partial charge in [-0.25, -0.2) is 0 Å². The number of methoxy groups -OCH3 is 1. The van der Waals surface area contributed by atoms with E-state index < -0.39 is 0 Å². The Morgan fingerprint density at radius 3 is 2.58 bits per heavy atom. The highest BCUT2D eigenvalue weighted by Crippen LogP contribution is 2.25. The molecule has 1 N–H and O–H groups in total. The van der Waals surface area contributed by atoms with Crippen molar-refractivity contribution in [1.82, 2.24) is 5.32 Å². The van der Waals surface area contributed by atoms with Gasteiger partial charge in [-0.05, 0) is 44.1 Å². The largest absolute Gasteiger partial charge is 0.385 e. The van der Waals surface area contributed by atoms with Gasteiger partial charge < -0.3 is 10.1 Å². The monoisotopic (exact) mass is 261 g/mol. The van der Waals surface area contributed by atoms with Gasteiger partial charge in [0.15, 0.2) is 0 Å². The van der Waals surface area contributed by atoms with E-state index in [2.05, 4.69) is 36.5 Å². The molecule has 0 heterocycles. The zero-order valence-electron chi connectivity index (χ0n) is 12.3. The third-order valence-corrected chi connectivity index (χ3v) is 3.93. The van der Waals surface area contributed by atoms with Gasteiger partial charge in [-0.3, -0.25) is 0 Å². The number of unbranched alkanes of at least 4 members (excludes halogenated alkanes) is 1. The zero-order chi connectivity index (χ0) is 13.5. The van der Waals surface area contributed by atoms with Gasteiger partial charge in [0.25, 0.3) is 0 Å². The standard InChI is InChI=1S/C17H27NO/c1-14-6-8-15(9-7-14)16(5-3-4-12-19-2)13-18-17-10-11-17/h6-9,16-18H,3-5,10-13H2,1-2H3. The summed E-state index contributed by atoms with van der Waals surface area (Å²) in [6, 6.07) is 9.85. The van der Waals surface area contributed by atoms with Gasteiger partial charge in [0.2, 0.25) is 0 Å². The Labute approximate surface area is 117 Å². The average molecular weight is 261 g/mol. The Morgan fingerprint density at radius 1 is 1.21 bits per heavy atom. The van der Waals surface area contributed by atoms with Gasteiger partial charge in [-0.2, -0.15) is 0 Å². The molecule has 2 heteroatoms. The Balaban J connectivity index is 1.85. The van der Waals surface area contributed by atoms with E-state index in [0.29, 0.717) is 5.92 Å². The predicted molar refractivity (Wildman–Crippen MR) is 80.7 cm³/mol. The fourth-order valence-corrected chi connectivity index (χ4v) is 2.46. The molecule has 2 nitrogen and oxygen atoms in total. The van der Waals surface area contributed by atoms with Crippen molar-refractivity contribution < 1.29 is 4.74 Å². The highest BCUT2D eigenvalue weighted by Gasteiger charge is 2.22. The van der Waals surface area contributed by atoms with Crippen molar-refractivity contribution in [3.63, 3.8) is 0 Å². The topological polar surface area (TPSA) is 21.3 Å². The Hall–Kier alpha value is -0.860. The summed E-state index contributed by atoms with van der Waals surface area (Å²) in [6.45, 7) is 4.16. The number of ether oxygens (including phenoxy) is 1. The molecule has 1 aromatic rings. The van der Waals surface area contributed by atoms with Crippen molar-refractivity contribution in [2.45, 2.75) is 51.0 Å². The second kappa shape index (κ2) is 7.66. The number of hydrogen-bond acceptors (Lipinski definition) is 2. The molecule has 0 spiro atoms. The van der Waals surface area contributed by atoms with Crippen LogP contribution >= 0.6 is 0 Å². The summed E-state index contributed by atoms with van der Waals surface area (Å²) in [6.07, 6.45) is 6.40. The molecule has 0 aliphatic heterocycles. The van der Waals surface area contributed by atoms with Crippen molar-refractivity contribution in [3.8, 4) is 0 Å². The van der Waals surface area contributed by atoms with E-state index in [1.807, 2.05) is 0 Å². The van der Waals surface area contributed by atoms with Crippen molar-refractivity contribution in [3.05, 3.63) is 35.4 Å². The third kappa shape index (κ3) is 5.33. The highest BCUT2D eigenvalue weighted by molar-refractivity contribution is 5.24. The number of nitrogens with one attached hydrogen (secondary N) is 1. The normalized spacial score (nSPS) is 16.5. The average Bonchev–Trinajstić information content (AvgIpc) is 3.23. The van der Waals surface area contributed by atoms with E-state index in [9.17, 15) is 0 Å². The number of rotatable bonds is 9. The molecular formula is C17H27NO. The SMILES string of the molecule is COCCCCC(CNC1CC1)c1ccc(C)cc1. The van der Waals surface area contributed by atoms with Crippen molar-refractivity contribution in [1.29, 1.82) is 0 Å². The molecule has 0 radical (unpaired) electrons. The molecule has 2 rings (SSSR count). The van der Waals surface area contributed by atoms with Crippen LogP contribution in [0.2, 0.25) is 0 Å². The lowest BCUT2D eigenvalue weighted by Gasteiger charge is -2.18. The van der Waals surface area contributed by atoms with E-state index >= 15 is 0 Å².